The molecule has 3 unspecified atom stereocenters. The van der Waals surface area contributed by atoms with Gasteiger partial charge in [-0.2, -0.15) is 0 Å². The van der Waals surface area contributed by atoms with Gasteiger partial charge in [0.15, 0.2) is 0 Å². The third kappa shape index (κ3) is 2.97. The Hall–Kier alpha value is -1.10. The zero-order chi connectivity index (χ0) is 13.2. The van der Waals surface area contributed by atoms with Crippen LogP contribution in [0.2, 0.25) is 0 Å². The van der Waals surface area contributed by atoms with Crippen molar-refractivity contribution in [3.05, 3.63) is 0 Å². The fourth-order valence-electron chi connectivity index (χ4n) is 1.84. The fourth-order valence-corrected chi connectivity index (χ4v) is 1.84. The van der Waals surface area contributed by atoms with Crippen LogP contribution in [0.5, 0.6) is 0 Å². The number of nitrogens with one attached hydrogen (secondary N) is 1. The van der Waals surface area contributed by atoms with Crippen LogP contribution in [0.1, 0.15) is 40.0 Å². The average molecular weight is 242 g/mol. The molecule has 4 N–H and O–H groups in total. The third-order valence-corrected chi connectivity index (χ3v) is 3.78. The van der Waals surface area contributed by atoms with Crippen LogP contribution >= 0.6 is 0 Å². The number of carbonyl (C=O) groups is 2. The van der Waals surface area contributed by atoms with Gasteiger partial charge in [0.05, 0.1) is 6.04 Å². The van der Waals surface area contributed by atoms with Crippen molar-refractivity contribution in [1.29, 1.82) is 0 Å². The maximum atomic E-state index is 11.9. The van der Waals surface area contributed by atoms with E-state index in [2.05, 4.69) is 5.32 Å². The molecule has 0 saturated heterocycles. The molecule has 1 amide bonds. The number of rotatable bonds is 6. The molecule has 3 atom stereocenters. The molecule has 1 aliphatic rings. The minimum atomic E-state index is -1.16. The summed E-state index contributed by atoms with van der Waals surface area (Å²) < 4.78 is 0. The molecular formula is C12H22N2O3. The maximum absolute atomic E-state index is 11.9. The Morgan fingerprint density at radius 2 is 2.06 bits per heavy atom. The van der Waals surface area contributed by atoms with E-state index in [0.717, 1.165) is 19.3 Å². The topological polar surface area (TPSA) is 92.4 Å². The second kappa shape index (κ2) is 5.04. The summed E-state index contributed by atoms with van der Waals surface area (Å²) in [6.45, 7) is 5.41. The van der Waals surface area contributed by atoms with Gasteiger partial charge in [0.25, 0.3) is 0 Å². The molecule has 0 aromatic rings. The quantitative estimate of drug-likeness (QED) is 0.640. The predicted molar refractivity (Wildman–Crippen MR) is 64.3 cm³/mol. The molecule has 0 spiro atoms. The van der Waals surface area contributed by atoms with Crippen molar-refractivity contribution in [1.82, 2.24) is 5.32 Å². The summed E-state index contributed by atoms with van der Waals surface area (Å²) in [4.78, 5) is 23.1. The van der Waals surface area contributed by atoms with E-state index in [4.69, 9.17) is 5.73 Å². The lowest BCUT2D eigenvalue weighted by molar-refractivity contribution is -0.148. The van der Waals surface area contributed by atoms with E-state index < -0.39 is 17.6 Å². The normalized spacial score (nSPS) is 22.4. The number of hydrogen-bond donors (Lipinski definition) is 3. The van der Waals surface area contributed by atoms with Gasteiger partial charge in [-0.05, 0) is 31.6 Å². The SMILES string of the molecule is CCC(C)C(N)C(=O)NC(C)(C(=O)O)C1CC1. The van der Waals surface area contributed by atoms with E-state index in [-0.39, 0.29) is 17.7 Å². The largest absolute Gasteiger partial charge is 0.480 e. The first-order valence-corrected chi connectivity index (χ1v) is 6.14. The molecule has 5 heteroatoms. The Morgan fingerprint density at radius 1 is 1.53 bits per heavy atom. The third-order valence-electron chi connectivity index (χ3n) is 3.78. The van der Waals surface area contributed by atoms with Gasteiger partial charge in [-0.3, -0.25) is 4.79 Å². The summed E-state index contributed by atoms with van der Waals surface area (Å²) in [7, 11) is 0. The van der Waals surface area contributed by atoms with Crippen LogP contribution in [0.25, 0.3) is 0 Å². The fraction of sp³-hybridized carbons (Fsp3) is 0.833. The molecule has 1 aliphatic carbocycles. The number of carboxylic acids is 1. The lowest BCUT2D eigenvalue weighted by Gasteiger charge is -2.29. The van der Waals surface area contributed by atoms with Gasteiger partial charge in [0.1, 0.15) is 5.54 Å². The van der Waals surface area contributed by atoms with Crippen LogP contribution in [0.4, 0.5) is 0 Å². The van der Waals surface area contributed by atoms with Gasteiger partial charge >= 0.3 is 5.97 Å². The Morgan fingerprint density at radius 3 is 2.41 bits per heavy atom. The number of carbonyl (C=O) groups excluding carboxylic acids is 1. The van der Waals surface area contributed by atoms with Crippen LogP contribution in [0, 0.1) is 11.8 Å². The predicted octanol–water partition coefficient (Wildman–Crippen LogP) is 0.729. The molecule has 0 bridgehead atoms. The maximum Gasteiger partial charge on any atom is 0.329 e. The average Bonchev–Trinajstić information content (AvgIpc) is 3.10. The van der Waals surface area contributed by atoms with Crippen LogP contribution in [0.15, 0.2) is 0 Å². The molecule has 0 aromatic carbocycles. The second-order valence-corrected chi connectivity index (χ2v) is 5.18. The van der Waals surface area contributed by atoms with Gasteiger partial charge in [-0.25, -0.2) is 4.79 Å². The minimum absolute atomic E-state index is 0.0353. The Bertz CT molecular complexity index is 315. The first kappa shape index (κ1) is 14.0. The van der Waals surface area contributed by atoms with Gasteiger partial charge in [0.2, 0.25) is 5.91 Å². The molecule has 0 radical (unpaired) electrons. The van der Waals surface area contributed by atoms with Gasteiger partial charge in [-0.15, -0.1) is 0 Å². The minimum Gasteiger partial charge on any atom is -0.480 e. The number of aliphatic carboxylic acids is 1. The van der Waals surface area contributed by atoms with E-state index in [1.54, 1.807) is 6.92 Å². The number of amides is 1. The van der Waals surface area contributed by atoms with Crippen molar-refractivity contribution in [3.8, 4) is 0 Å². The van der Waals surface area contributed by atoms with Gasteiger partial charge < -0.3 is 16.2 Å². The van der Waals surface area contributed by atoms with Crippen molar-refractivity contribution in [2.45, 2.75) is 51.6 Å². The van der Waals surface area contributed by atoms with Crippen molar-refractivity contribution in [2.24, 2.45) is 17.6 Å². The summed E-state index contributed by atoms with van der Waals surface area (Å²) in [5.41, 5.74) is 4.63. The zero-order valence-corrected chi connectivity index (χ0v) is 10.7. The summed E-state index contributed by atoms with van der Waals surface area (Å²) in [5.74, 6) is -1.26. The lowest BCUT2D eigenvalue weighted by Crippen LogP contribution is -2.58. The molecule has 0 heterocycles. The first-order valence-electron chi connectivity index (χ1n) is 6.14. The summed E-state index contributed by atoms with van der Waals surface area (Å²) in [6, 6.07) is -0.641. The number of nitrogens with two attached hydrogens (primary N) is 1. The molecular weight excluding hydrogens is 220 g/mol. The highest BCUT2D eigenvalue weighted by Crippen LogP contribution is 2.39. The van der Waals surface area contributed by atoms with Crippen LogP contribution in [0.3, 0.4) is 0 Å². The van der Waals surface area contributed by atoms with Crippen LogP contribution in [-0.2, 0) is 9.59 Å². The highest BCUT2D eigenvalue weighted by Gasteiger charge is 2.49. The molecule has 5 nitrogen and oxygen atoms in total. The molecule has 0 aromatic heterocycles. The highest BCUT2D eigenvalue weighted by atomic mass is 16.4. The van der Waals surface area contributed by atoms with Gasteiger partial charge in [-0.1, -0.05) is 20.3 Å². The summed E-state index contributed by atoms with van der Waals surface area (Å²) in [5, 5.41) is 11.8. The Labute approximate surface area is 102 Å². The molecule has 1 saturated carbocycles. The van der Waals surface area contributed by atoms with Crippen LogP contribution < -0.4 is 11.1 Å². The van der Waals surface area contributed by atoms with E-state index in [0.29, 0.717) is 0 Å². The van der Waals surface area contributed by atoms with Gasteiger partial charge in [0, 0.05) is 0 Å². The first-order chi connectivity index (χ1) is 7.82. The molecule has 98 valence electrons. The Balaban J connectivity index is 2.68. The standard InChI is InChI=1S/C12H22N2O3/c1-4-7(2)9(13)10(15)14-12(3,11(16)17)8-5-6-8/h7-9H,4-6,13H2,1-3H3,(H,14,15)(H,16,17). The number of carboxylic acid groups (broad SMARTS) is 1. The molecule has 1 rings (SSSR count). The van der Waals surface area contributed by atoms with Crippen molar-refractivity contribution < 1.29 is 14.7 Å². The Kier molecular flexibility index (Phi) is 4.14. The van der Waals surface area contributed by atoms with E-state index in [1.165, 1.54) is 0 Å². The van der Waals surface area contributed by atoms with Crippen molar-refractivity contribution >= 4 is 11.9 Å². The molecule has 0 aliphatic heterocycles. The van der Waals surface area contributed by atoms with E-state index >= 15 is 0 Å². The summed E-state index contributed by atoms with van der Waals surface area (Å²) in [6.07, 6.45) is 2.49. The van der Waals surface area contributed by atoms with E-state index in [9.17, 15) is 14.7 Å². The van der Waals surface area contributed by atoms with Crippen molar-refractivity contribution in [3.63, 3.8) is 0 Å². The van der Waals surface area contributed by atoms with Crippen molar-refractivity contribution in [2.75, 3.05) is 0 Å². The molecule has 17 heavy (non-hydrogen) atoms. The monoisotopic (exact) mass is 242 g/mol. The second-order valence-electron chi connectivity index (χ2n) is 5.18. The number of hydrogen-bond acceptors (Lipinski definition) is 3. The summed E-state index contributed by atoms with van der Waals surface area (Å²) >= 11 is 0. The zero-order valence-electron chi connectivity index (χ0n) is 10.7. The highest BCUT2D eigenvalue weighted by molar-refractivity contribution is 5.89. The molecule has 1 fully saturated rings. The smallest absolute Gasteiger partial charge is 0.329 e. The van der Waals surface area contributed by atoms with E-state index in [1.807, 2.05) is 13.8 Å². The lowest BCUT2D eigenvalue weighted by atomic mass is 9.93. The van der Waals surface area contributed by atoms with Crippen LogP contribution in [-0.4, -0.2) is 28.6 Å².